The van der Waals surface area contributed by atoms with Crippen molar-refractivity contribution in [1.82, 2.24) is 10.2 Å². The Morgan fingerprint density at radius 3 is 2.35 bits per heavy atom. The Morgan fingerprint density at radius 2 is 1.94 bits per heavy atom. The molecule has 5 heteroatoms. The molecule has 100 valence electrons. The summed E-state index contributed by atoms with van der Waals surface area (Å²) in [5, 5.41) is 2.97. The molecule has 0 aromatic carbocycles. The summed E-state index contributed by atoms with van der Waals surface area (Å²) >= 11 is 4.88. The van der Waals surface area contributed by atoms with Crippen LogP contribution in [0.15, 0.2) is 0 Å². The first-order valence-electron chi connectivity index (χ1n) is 6.18. The van der Waals surface area contributed by atoms with Crippen LogP contribution in [0.2, 0.25) is 0 Å². The Balaban J connectivity index is 4.16. The highest BCUT2D eigenvalue weighted by molar-refractivity contribution is 7.80. The number of carbonyl (C=O) groups is 1. The number of nitrogens with zero attached hydrogens (tertiary/aromatic N) is 1. The summed E-state index contributed by atoms with van der Waals surface area (Å²) in [6.07, 6.45) is 2.07. The van der Waals surface area contributed by atoms with Gasteiger partial charge < -0.3 is 11.1 Å². The van der Waals surface area contributed by atoms with Gasteiger partial charge >= 0.3 is 0 Å². The van der Waals surface area contributed by atoms with Crippen LogP contribution in [0.25, 0.3) is 0 Å². The molecule has 0 saturated carbocycles. The zero-order valence-corrected chi connectivity index (χ0v) is 12.1. The second-order valence-electron chi connectivity index (χ2n) is 4.72. The van der Waals surface area contributed by atoms with Crippen LogP contribution >= 0.6 is 12.2 Å². The van der Waals surface area contributed by atoms with Crippen molar-refractivity contribution in [1.29, 1.82) is 0 Å². The van der Waals surface area contributed by atoms with Crippen molar-refractivity contribution < 1.29 is 4.79 Å². The first kappa shape index (κ1) is 16.3. The largest absolute Gasteiger partial charge is 0.392 e. The van der Waals surface area contributed by atoms with Crippen molar-refractivity contribution in [2.75, 3.05) is 13.1 Å². The highest BCUT2D eigenvalue weighted by atomic mass is 32.1. The van der Waals surface area contributed by atoms with Crippen LogP contribution in [0.5, 0.6) is 0 Å². The fourth-order valence-corrected chi connectivity index (χ4v) is 1.80. The summed E-state index contributed by atoms with van der Waals surface area (Å²) < 4.78 is 0. The zero-order valence-electron chi connectivity index (χ0n) is 11.3. The monoisotopic (exact) mass is 259 g/mol. The number of thiocarbonyl (C=S) groups is 1. The van der Waals surface area contributed by atoms with Gasteiger partial charge in [-0.1, -0.05) is 25.6 Å². The number of rotatable bonds is 8. The lowest BCUT2D eigenvalue weighted by Crippen LogP contribution is -2.46. The Kier molecular flexibility index (Phi) is 8.08. The number of nitrogens with one attached hydrogen (secondary N) is 1. The van der Waals surface area contributed by atoms with E-state index in [1.54, 1.807) is 0 Å². The molecule has 0 aromatic heterocycles. The molecule has 0 saturated heterocycles. The van der Waals surface area contributed by atoms with E-state index in [9.17, 15) is 4.79 Å². The minimum atomic E-state index is 0.0379. The molecule has 0 rings (SSSR count). The fourth-order valence-electron chi connectivity index (χ4n) is 1.63. The van der Waals surface area contributed by atoms with Crippen LogP contribution in [0.4, 0.5) is 0 Å². The maximum absolute atomic E-state index is 11.8. The SMILES string of the molecule is CCCC(C)NC(=O)CN(CC(N)=S)C(C)C. The molecule has 0 aliphatic rings. The minimum absolute atomic E-state index is 0.0379. The zero-order chi connectivity index (χ0) is 13.4. The van der Waals surface area contributed by atoms with Crippen LogP contribution in [0.3, 0.4) is 0 Å². The van der Waals surface area contributed by atoms with Crippen molar-refractivity contribution in [2.24, 2.45) is 5.73 Å². The minimum Gasteiger partial charge on any atom is -0.392 e. The van der Waals surface area contributed by atoms with Gasteiger partial charge in [-0.15, -0.1) is 0 Å². The second kappa shape index (κ2) is 8.42. The summed E-state index contributed by atoms with van der Waals surface area (Å²) in [5.74, 6) is 0.0379. The Morgan fingerprint density at radius 1 is 1.35 bits per heavy atom. The van der Waals surface area contributed by atoms with E-state index in [-0.39, 0.29) is 18.0 Å². The standard InChI is InChI=1S/C12H25N3OS/c1-5-6-10(4)14-12(16)8-15(9(2)3)7-11(13)17/h9-10H,5-8H2,1-4H3,(H2,13,17)(H,14,16). The molecule has 1 atom stereocenters. The lowest BCUT2D eigenvalue weighted by molar-refractivity contribution is -0.123. The van der Waals surface area contributed by atoms with Gasteiger partial charge in [0.15, 0.2) is 0 Å². The van der Waals surface area contributed by atoms with Gasteiger partial charge in [-0.05, 0) is 27.2 Å². The molecular formula is C12H25N3OS. The third kappa shape index (κ3) is 8.10. The van der Waals surface area contributed by atoms with Gasteiger partial charge in [0.25, 0.3) is 0 Å². The molecule has 4 nitrogen and oxygen atoms in total. The van der Waals surface area contributed by atoms with E-state index in [0.29, 0.717) is 18.1 Å². The molecule has 0 aliphatic carbocycles. The third-order valence-corrected chi connectivity index (χ3v) is 2.69. The Hall–Kier alpha value is -0.680. The molecule has 0 aromatic rings. The van der Waals surface area contributed by atoms with Crippen LogP contribution in [0.1, 0.15) is 40.5 Å². The van der Waals surface area contributed by atoms with Gasteiger partial charge in [-0.3, -0.25) is 9.69 Å². The van der Waals surface area contributed by atoms with E-state index < -0.39 is 0 Å². The highest BCUT2D eigenvalue weighted by Crippen LogP contribution is 1.99. The molecule has 0 aliphatic heterocycles. The van der Waals surface area contributed by atoms with E-state index in [2.05, 4.69) is 12.2 Å². The number of nitrogens with two attached hydrogens (primary N) is 1. The predicted octanol–water partition coefficient (Wildman–Crippen LogP) is 1.29. The normalized spacial score (nSPS) is 12.8. The summed E-state index contributed by atoms with van der Waals surface area (Å²) in [7, 11) is 0. The van der Waals surface area contributed by atoms with Crippen molar-refractivity contribution in [3.05, 3.63) is 0 Å². The van der Waals surface area contributed by atoms with E-state index in [1.165, 1.54) is 0 Å². The van der Waals surface area contributed by atoms with Crippen LogP contribution in [-0.4, -0.2) is 41.0 Å². The van der Waals surface area contributed by atoms with E-state index in [1.807, 2.05) is 25.7 Å². The highest BCUT2D eigenvalue weighted by Gasteiger charge is 2.15. The molecule has 3 N–H and O–H groups in total. The number of amides is 1. The summed E-state index contributed by atoms with van der Waals surface area (Å²) in [4.78, 5) is 14.2. The molecular weight excluding hydrogens is 234 g/mol. The van der Waals surface area contributed by atoms with Crippen LogP contribution < -0.4 is 11.1 Å². The molecule has 0 bridgehead atoms. The predicted molar refractivity (Wildman–Crippen MR) is 76.0 cm³/mol. The van der Waals surface area contributed by atoms with Crippen molar-refractivity contribution in [2.45, 2.75) is 52.6 Å². The van der Waals surface area contributed by atoms with Crippen molar-refractivity contribution in [3.63, 3.8) is 0 Å². The summed E-state index contributed by atoms with van der Waals surface area (Å²) in [5.41, 5.74) is 5.51. The first-order valence-corrected chi connectivity index (χ1v) is 6.59. The molecule has 0 heterocycles. The second-order valence-corrected chi connectivity index (χ2v) is 5.25. The third-order valence-electron chi connectivity index (χ3n) is 2.56. The van der Waals surface area contributed by atoms with E-state index in [4.69, 9.17) is 18.0 Å². The van der Waals surface area contributed by atoms with Crippen LogP contribution in [-0.2, 0) is 4.79 Å². The lowest BCUT2D eigenvalue weighted by Gasteiger charge is -2.26. The molecule has 0 radical (unpaired) electrons. The quantitative estimate of drug-likeness (QED) is 0.645. The first-order chi connectivity index (χ1) is 7.86. The van der Waals surface area contributed by atoms with Gasteiger partial charge in [0.05, 0.1) is 11.5 Å². The maximum atomic E-state index is 11.8. The van der Waals surface area contributed by atoms with Gasteiger partial charge in [-0.25, -0.2) is 0 Å². The molecule has 17 heavy (non-hydrogen) atoms. The Labute approximate surface area is 110 Å². The molecule has 0 fully saturated rings. The number of hydrogen-bond acceptors (Lipinski definition) is 3. The van der Waals surface area contributed by atoms with E-state index in [0.717, 1.165) is 12.8 Å². The summed E-state index contributed by atoms with van der Waals surface area (Å²) in [6.45, 7) is 9.03. The van der Waals surface area contributed by atoms with Gasteiger partial charge in [0, 0.05) is 18.6 Å². The van der Waals surface area contributed by atoms with E-state index >= 15 is 0 Å². The van der Waals surface area contributed by atoms with Crippen LogP contribution in [0, 0.1) is 0 Å². The fraction of sp³-hybridized carbons (Fsp3) is 0.833. The number of hydrogen-bond donors (Lipinski definition) is 2. The number of carbonyl (C=O) groups excluding carboxylic acids is 1. The van der Waals surface area contributed by atoms with Gasteiger partial charge in [-0.2, -0.15) is 0 Å². The van der Waals surface area contributed by atoms with Crippen molar-refractivity contribution >= 4 is 23.1 Å². The van der Waals surface area contributed by atoms with Gasteiger partial charge in [0.1, 0.15) is 0 Å². The van der Waals surface area contributed by atoms with Gasteiger partial charge in [0.2, 0.25) is 5.91 Å². The topological polar surface area (TPSA) is 58.4 Å². The average molecular weight is 259 g/mol. The molecule has 1 unspecified atom stereocenters. The van der Waals surface area contributed by atoms with Crippen molar-refractivity contribution in [3.8, 4) is 0 Å². The average Bonchev–Trinajstić information content (AvgIpc) is 2.15. The maximum Gasteiger partial charge on any atom is 0.234 e. The molecule has 0 spiro atoms. The Bertz CT molecular complexity index is 256. The smallest absolute Gasteiger partial charge is 0.234 e. The molecule has 1 amide bonds. The lowest BCUT2D eigenvalue weighted by atomic mass is 10.2. The summed E-state index contributed by atoms with van der Waals surface area (Å²) in [6, 6.07) is 0.482.